The fraction of sp³-hybridized carbons (Fsp3) is 0.158. The summed E-state index contributed by atoms with van der Waals surface area (Å²) in [6.45, 7) is 1.07. The third-order valence-corrected chi connectivity index (χ3v) is 4.30. The lowest BCUT2D eigenvalue weighted by Gasteiger charge is -2.28. The second-order valence-corrected chi connectivity index (χ2v) is 5.80. The second-order valence-electron chi connectivity index (χ2n) is 5.80. The zero-order chi connectivity index (χ0) is 15.7. The Morgan fingerprint density at radius 1 is 1.00 bits per heavy atom. The van der Waals surface area contributed by atoms with Crippen molar-refractivity contribution < 1.29 is 26.7 Å². The van der Waals surface area contributed by atoms with Crippen LogP contribution in [0.15, 0.2) is 79.1 Å². The summed E-state index contributed by atoms with van der Waals surface area (Å²) in [5, 5.41) is 11.5. The van der Waals surface area contributed by atoms with Crippen LogP contribution in [0.1, 0.15) is 11.1 Å². The number of fused-ring (bicyclic) bond motifs is 1. The van der Waals surface area contributed by atoms with Gasteiger partial charge in [0.05, 0.1) is 12.7 Å². The average Bonchev–Trinajstić information content (AvgIpc) is 2.90. The minimum Gasteiger partial charge on any atom is -1.00 e. The summed E-state index contributed by atoms with van der Waals surface area (Å²) in [5.41, 5.74) is 0.917. The van der Waals surface area contributed by atoms with Crippen LogP contribution in [0, 0.1) is 0 Å². The van der Waals surface area contributed by atoms with Gasteiger partial charge in [0.15, 0.2) is 0 Å². The maximum atomic E-state index is 11.5. The van der Waals surface area contributed by atoms with Crippen LogP contribution < -0.4 is 26.4 Å². The highest BCUT2D eigenvalue weighted by Gasteiger charge is 2.51. The van der Waals surface area contributed by atoms with Crippen LogP contribution in [-0.2, 0) is 18.8 Å². The van der Waals surface area contributed by atoms with Crippen LogP contribution in [0.4, 0.5) is 5.95 Å². The van der Waals surface area contributed by atoms with E-state index in [1.165, 1.54) is 0 Å². The number of anilines is 1. The molecule has 2 heterocycles. The Labute approximate surface area is 151 Å². The van der Waals surface area contributed by atoms with Crippen molar-refractivity contribution >= 4 is 5.95 Å². The van der Waals surface area contributed by atoms with E-state index in [2.05, 4.69) is 17.1 Å². The summed E-state index contributed by atoms with van der Waals surface area (Å²) in [5.74, 6) is 0.780. The van der Waals surface area contributed by atoms with Gasteiger partial charge >= 0.3 is 5.95 Å². The third kappa shape index (κ3) is 2.81. The van der Waals surface area contributed by atoms with Gasteiger partial charge in [0.2, 0.25) is 5.72 Å². The van der Waals surface area contributed by atoms with Crippen molar-refractivity contribution in [2.45, 2.75) is 18.8 Å². The average molecular weight is 384 g/mol. The molecule has 0 saturated heterocycles. The molecule has 1 aliphatic heterocycles. The summed E-state index contributed by atoms with van der Waals surface area (Å²) in [4.78, 5) is 6.46. The van der Waals surface area contributed by atoms with Crippen LogP contribution in [0.25, 0.3) is 0 Å². The van der Waals surface area contributed by atoms with Crippen molar-refractivity contribution in [2.75, 3.05) is 4.90 Å². The van der Waals surface area contributed by atoms with Crippen LogP contribution >= 0.6 is 0 Å². The van der Waals surface area contributed by atoms with Crippen LogP contribution in [0.5, 0.6) is 0 Å². The SMILES string of the molecule is O[C@@]1(c2ccccc2)C[n+]2cccnc2N1Cc1ccccc1.[Br-]. The maximum absolute atomic E-state index is 11.5. The van der Waals surface area contributed by atoms with Gasteiger partial charge in [0.1, 0.15) is 12.7 Å². The first-order chi connectivity index (χ1) is 11.3. The molecule has 1 atom stereocenters. The zero-order valence-electron chi connectivity index (χ0n) is 13.1. The maximum Gasteiger partial charge on any atom is 0.397 e. The molecule has 0 unspecified atom stereocenters. The Morgan fingerprint density at radius 2 is 1.67 bits per heavy atom. The molecule has 0 spiro atoms. The predicted octanol–water partition coefficient (Wildman–Crippen LogP) is -0.761. The second kappa shape index (κ2) is 6.71. The summed E-state index contributed by atoms with van der Waals surface area (Å²) in [6.07, 6.45) is 3.72. The van der Waals surface area contributed by atoms with E-state index < -0.39 is 5.72 Å². The van der Waals surface area contributed by atoms with E-state index in [0.29, 0.717) is 13.1 Å². The van der Waals surface area contributed by atoms with E-state index in [-0.39, 0.29) is 17.0 Å². The molecule has 1 N–H and O–H groups in total. The molecule has 5 heteroatoms. The molecule has 0 fully saturated rings. The predicted molar refractivity (Wildman–Crippen MR) is 87.4 cm³/mol. The van der Waals surface area contributed by atoms with Gasteiger partial charge in [-0.2, -0.15) is 0 Å². The number of rotatable bonds is 3. The lowest BCUT2D eigenvalue weighted by Crippen LogP contribution is -3.00. The van der Waals surface area contributed by atoms with Gasteiger partial charge in [0.25, 0.3) is 0 Å². The Bertz CT molecular complexity index is 813. The fourth-order valence-electron chi connectivity index (χ4n) is 3.15. The summed E-state index contributed by atoms with van der Waals surface area (Å²) in [7, 11) is 0. The first-order valence-electron chi connectivity index (χ1n) is 7.71. The van der Waals surface area contributed by atoms with Gasteiger partial charge in [-0.05, 0) is 5.56 Å². The summed E-state index contributed by atoms with van der Waals surface area (Å²) >= 11 is 0. The lowest BCUT2D eigenvalue weighted by atomic mass is 10.0. The first kappa shape index (κ1) is 16.6. The van der Waals surface area contributed by atoms with Crippen molar-refractivity contribution in [3.05, 3.63) is 90.3 Å². The van der Waals surface area contributed by atoms with Crippen LogP contribution in [0.2, 0.25) is 0 Å². The normalized spacial score (nSPS) is 18.8. The van der Waals surface area contributed by atoms with Gasteiger partial charge < -0.3 is 22.1 Å². The van der Waals surface area contributed by atoms with Gasteiger partial charge in [-0.15, -0.1) is 0 Å². The highest BCUT2D eigenvalue weighted by molar-refractivity contribution is 5.39. The fourth-order valence-corrected chi connectivity index (χ4v) is 3.15. The molecule has 1 aromatic heterocycles. The smallest absolute Gasteiger partial charge is 0.397 e. The Hall–Kier alpha value is -2.24. The van der Waals surface area contributed by atoms with Crippen molar-refractivity contribution in [1.82, 2.24) is 4.98 Å². The van der Waals surface area contributed by atoms with E-state index in [4.69, 9.17) is 0 Å². The number of nitrogens with zero attached hydrogens (tertiary/aromatic N) is 3. The summed E-state index contributed by atoms with van der Waals surface area (Å²) < 4.78 is 2.00. The molecule has 0 saturated carbocycles. The van der Waals surface area contributed by atoms with Crippen LogP contribution in [0.3, 0.4) is 0 Å². The van der Waals surface area contributed by atoms with Gasteiger partial charge in [-0.25, -0.2) is 9.47 Å². The highest BCUT2D eigenvalue weighted by Crippen LogP contribution is 2.34. The minimum absolute atomic E-state index is 0. The van der Waals surface area contributed by atoms with Crippen LogP contribution in [-0.4, -0.2) is 10.1 Å². The van der Waals surface area contributed by atoms with Gasteiger partial charge in [0, 0.05) is 11.6 Å². The number of halogens is 1. The molecule has 4 rings (SSSR count). The van der Waals surface area contributed by atoms with E-state index in [1.54, 1.807) is 6.20 Å². The molecular formula is C19H18BrN3O. The largest absolute Gasteiger partial charge is 1.00 e. The van der Waals surface area contributed by atoms with E-state index >= 15 is 0 Å². The Kier molecular flexibility index (Phi) is 4.64. The first-order valence-corrected chi connectivity index (χ1v) is 7.71. The molecule has 3 aromatic rings. The van der Waals surface area contributed by atoms with E-state index in [1.807, 2.05) is 70.3 Å². The molecule has 122 valence electrons. The number of hydrogen-bond donors (Lipinski definition) is 1. The molecule has 24 heavy (non-hydrogen) atoms. The standard InChI is InChI=1S/C19H18N3O.BrH/c23-19(17-10-5-2-6-11-17)15-21-13-7-12-20-18(21)22(19)14-16-8-3-1-4-9-16;/h1-13,23H,14-15H2;1H/q+1;/p-1/t19-;/m1./s1. The van der Waals surface area contributed by atoms with Gasteiger partial charge in [-0.3, -0.25) is 0 Å². The molecule has 0 aliphatic carbocycles. The topological polar surface area (TPSA) is 40.2 Å². The number of aliphatic hydroxyl groups is 1. The number of benzene rings is 2. The zero-order valence-corrected chi connectivity index (χ0v) is 14.7. The molecule has 0 radical (unpaired) electrons. The molecular weight excluding hydrogens is 366 g/mol. The molecule has 1 aliphatic rings. The van der Waals surface area contributed by atoms with E-state index in [0.717, 1.165) is 17.1 Å². The lowest BCUT2D eigenvalue weighted by molar-refractivity contribution is -0.685. The minimum atomic E-state index is -1.10. The van der Waals surface area contributed by atoms with Crippen molar-refractivity contribution in [3.63, 3.8) is 0 Å². The molecule has 0 bridgehead atoms. The van der Waals surface area contributed by atoms with Crippen molar-refractivity contribution in [3.8, 4) is 0 Å². The van der Waals surface area contributed by atoms with E-state index in [9.17, 15) is 5.11 Å². The molecule has 2 aromatic carbocycles. The van der Waals surface area contributed by atoms with Crippen molar-refractivity contribution in [1.29, 1.82) is 0 Å². The number of hydrogen-bond acceptors (Lipinski definition) is 3. The monoisotopic (exact) mass is 383 g/mol. The molecule has 4 nitrogen and oxygen atoms in total. The Balaban J connectivity index is 0.00000169. The molecule has 0 amide bonds. The van der Waals surface area contributed by atoms with Crippen molar-refractivity contribution in [2.24, 2.45) is 0 Å². The highest BCUT2D eigenvalue weighted by atomic mass is 79.9. The number of aromatic nitrogens is 2. The summed E-state index contributed by atoms with van der Waals surface area (Å²) in [6, 6.07) is 21.8. The third-order valence-electron chi connectivity index (χ3n) is 4.30. The Morgan fingerprint density at radius 3 is 2.38 bits per heavy atom. The van der Waals surface area contributed by atoms with Gasteiger partial charge in [-0.1, -0.05) is 65.6 Å². The quantitative estimate of drug-likeness (QED) is 0.604.